The van der Waals surface area contributed by atoms with Gasteiger partial charge in [-0.1, -0.05) is 42.5 Å². The fraction of sp³-hybridized carbons (Fsp3) is 0.440. The van der Waals surface area contributed by atoms with Gasteiger partial charge in [-0.05, 0) is 30.0 Å². The third-order valence-electron chi connectivity index (χ3n) is 6.48. The monoisotopic (exact) mass is 441 g/mol. The van der Waals surface area contributed by atoms with Crippen molar-refractivity contribution < 1.29 is 18.7 Å². The molecule has 1 aliphatic rings. The number of methoxy groups -OCH3 is 1. The molecule has 32 heavy (non-hydrogen) atoms. The highest BCUT2D eigenvalue weighted by molar-refractivity contribution is 5.98. The lowest BCUT2D eigenvalue weighted by Gasteiger charge is -2.46. The van der Waals surface area contributed by atoms with Crippen LogP contribution in [-0.2, 0) is 9.53 Å². The zero-order chi connectivity index (χ0) is 23.3. The summed E-state index contributed by atoms with van der Waals surface area (Å²) in [5, 5.41) is 0. The van der Waals surface area contributed by atoms with Crippen molar-refractivity contribution >= 4 is 11.7 Å². The summed E-state index contributed by atoms with van der Waals surface area (Å²) < 4.78 is 19.8. The minimum absolute atomic E-state index is 0.000104. The molecule has 0 bridgehead atoms. The van der Waals surface area contributed by atoms with Crippen molar-refractivity contribution in [2.24, 2.45) is 23.3 Å². The Hall–Kier alpha value is -2.61. The molecule has 1 aliphatic heterocycles. The van der Waals surface area contributed by atoms with Crippen molar-refractivity contribution in [3.05, 3.63) is 71.0 Å². The van der Waals surface area contributed by atoms with Crippen LogP contribution in [0.1, 0.15) is 33.8 Å². The molecule has 4 atom stereocenters. The van der Waals surface area contributed by atoms with Crippen molar-refractivity contribution in [1.82, 2.24) is 4.90 Å². The van der Waals surface area contributed by atoms with E-state index in [1.54, 1.807) is 32.2 Å². The highest BCUT2D eigenvalue weighted by atomic mass is 19.1. The molecule has 1 fully saturated rings. The van der Waals surface area contributed by atoms with Gasteiger partial charge in [0.1, 0.15) is 5.82 Å². The molecule has 1 unspecified atom stereocenters. The molecule has 0 spiro atoms. The lowest BCUT2D eigenvalue weighted by molar-refractivity contribution is -0.118. The normalized spacial score (nSPS) is 22.4. The molecular weight excluding hydrogens is 409 g/mol. The number of rotatable bonds is 9. The van der Waals surface area contributed by atoms with E-state index in [2.05, 4.69) is 4.90 Å². The number of hydrogen-bond acceptors (Lipinski definition) is 5. The molecule has 2 aromatic rings. The van der Waals surface area contributed by atoms with E-state index in [1.165, 1.54) is 6.07 Å². The topological polar surface area (TPSA) is 98.7 Å². The van der Waals surface area contributed by atoms with E-state index in [4.69, 9.17) is 16.2 Å². The number of halogens is 1. The SMILES string of the molecule is COCCN1C[C@H](C(=O)c2ccccc2)[C@H](c2cccc(F)c2C)[C@H](C(N)CC(N)=O)C1. The zero-order valence-corrected chi connectivity index (χ0v) is 18.7. The molecule has 0 saturated carbocycles. The average Bonchev–Trinajstić information content (AvgIpc) is 2.78. The Bertz CT molecular complexity index is 937. The Labute approximate surface area is 188 Å². The van der Waals surface area contributed by atoms with Gasteiger partial charge >= 0.3 is 0 Å². The Morgan fingerprint density at radius 3 is 2.53 bits per heavy atom. The molecule has 172 valence electrons. The molecule has 2 aromatic carbocycles. The number of Topliss-reactive ketones (excluding diaryl/α,β-unsaturated/α-hetero) is 1. The number of piperidine rings is 1. The Morgan fingerprint density at radius 2 is 1.88 bits per heavy atom. The van der Waals surface area contributed by atoms with Crippen molar-refractivity contribution in [3.8, 4) is 0 Å². The molecule has 1 saturated heterocycles. The van der Waals surface area contributed by atoms with Crippen molar-refractivity contribution in [1.29, 1.82) is 0 Å². The van der Waals surface area contributed by atoms with Crippen LogP contribution in [0.25, 0.3) is 0 Å². The first-order valence-corrected chi connectivity index (χ1v) is 10.9. The number of amides is 1. The van der Waals surface area contributed by atoms with Gasteiger partial charge in [-0.3, -0.25) is 14.5 Å². The van der Waals surface area contributed by atoms with Crippen LogP contribution < -0.4 is 11.5 Å². The third-order valence-corrected chi connectivity index (χ3v) is 6.48. The molecule has 3 rings (SSSR count). The fourth-order valence-electron chi connectivity index (χ4n) is 4.86. The smallest absolute Gasteiger partial charge is 0.218 e. The van der Waals surface area contributed by atoms with E-state index in [1.807, 2.05) is 24.3 Å². The Morgan fingerprint density at radius 1 is 1.16 bits per heavy atom. The van der Waals surface area contributed by atoms with Crippen LogP contribution in [0.2, 0.25) is 0 Å². The molecule has 0 aliphatic carbocycles. The van der Waals surface area contributed by atoms with Crippen LogP contribution in [0.4, 0.5) is 4.39 Å². The van der Waals surface area contributed by atoms with E-state index in [0.29, 0.717) is 37.4 Å². The average molecular weight is 442 g/mol. The van der Waals surface area contributed by atoms with E-state index >= 15 is 0 Å². The van der Waals surface area contributed by atoms with Gasteiger partial charge in [0, 0.05) is 56.6 Å². The predicted molar refractivity (Wildman–Crippen MR) is 122 cm³/mol. The number of primary amides is 1. The number of likely N-dealkylation sites (tertiary alicyclic amines) is 1. The highest BCUT2D eigenvalue weighted by Gasteiger charge is 2.44. The first-order chi connectivity index (χ1) is 15.3. The maximum Gasteiger partial charge on any atom is 0.218 e. The summed E-state index contributed by atoms with van der Waals surface area (Å²) in [4.78, 5) is 27.5. The van der Waals surface area contributed by atoms with Gasteiger partial charge in [-0.15, -0.1) is 0 Å². The summed E-state index contributed by atoms with van der Waals surface area (Å²) >= 11 is 0. The summed E-state index contributed by atoms with van der Waals surface area (Å²) in [7, 11) is 1.63. The number of carbonyl (C=O) groups is 2. The van der Waals surface area contributed by atoms with Crippen LogP contribution in [-0.4, -0.2) is 56.0 Å². The van der Waals surface area contributed by atoms with E-state index < -0.39 is 17.9 Å². The van der Waals surface area contributed by atoms with Gasteiger partial charge in [-0.25, -0.2) is 4.39 Å². The molecule has 6 nitrogen and oxygen atoms in total. The van der Waals surface area contributed by atoms with Crippen LogP contribution in [0, 0.1) is 24.6 Å². The van der Waals surface area contributed by atoms with Gasteiger partial charge in [0.05, 0.1) is 6.61 Å². The molecule has 0 aromatic heterocycles. The molecule has 1 heterocycles. The maximum absolute atomic E-state index is 14.5. The quantitative estimate of drug-likeness (QED) is 0.583. The first kappa shape index (κ1) is 24.0. The van der Waals surface area contributed by atoms with Gasteiger partial charge < -0.3 is 16.2 Å². The van der Waals surface area contributed by atoms with Crippen molar-refractivity contribution in [3.63, 3.8) is 0 Å². The number of carbonyl (C=O) groups excluding carboxylic acids is 2. The second-order valence-electron chi connectivity index (χ2n) is 8.57. The maximum atomic E-state index is 14.5. The highest BCUT2D eigenvalue weighted by Crippen LogP contribution is 2.42. The number of ketones is 1. The summed E-state index contributed by atoms with van der Waals surface area (Å²) in [6.07, 6.45) is -0.000104. The van der Waals surface area contributed by atoms with Crippen LogP contribution >= 0.6 is 0 Å². The van der Waals surface area contributed by atoms with Crippen molar-refractivity contribution in [2.45, 2.75) is 25.3 Å². The molecule has 1 amide bonds. The van der Waals surface area contributed by atoms with Crippen molar-refractivity contribution in [2.75, 3.05) is 33.4 Å². The van der Waals surface area contributed by atoms with E-state index in [9.17, 15) is 14.0 Å². The van der Waals surface area contributed by atoms with Gasteiger partial charge in [0.25, 0.3) is 0 Å². The number of benzene rings is 2. The molecular formula is C25H32FN3O3. The van der Waals surface area contributed by atoms with E-state index in [-0.39, 0.29) is 29.9 Å². The summed E-state index contributed by atoms with van der Waals surface area (Å²) in [6.45, 7) is 3.93. The van der Waals surface area contributed by atoms with Gasteiger partial charge in [0.15, 0.2) is 5.78 Å². The fourth-order valence-corrected chi connectivity index (χ4v) is 4.86. The Balaban J connectivity index is 2.09. The molecule has 4 N–H and O–H groups in total. The van der Waals surface area contributed by atoms with Crippen LogP contribution in [0.15, 0.2) is 48.5 Å². The Kier molecular flexibility index (Phi) is 8.12. The van der Waals surface area contributed by atoms with Crippen LogP contribution in [0.3, 0.4) is 0 Å². The zero-order valence-electron chi connectivity index (χ0n) is 18.7. The molecule has 0 radical (unpaired) electrons. The predicted octanol–water partition coefficient (Wildman–Crippen LogP) is 2.50. The summed E-state index contributed by atoms with van der Waals surface area (Å²) in [6, 6.07) is 13.5. The second-order valence-corrected chi connectivity index (χ2v) is 8.57. The lowest BCUT2D eigenvalue weighted by atomic mass is 9.67. The number of nitrogens with two attached hydrogens (primary N) is 2. The molecule has 7 heteroatoms. The lowest BCUT2D eigenvalue weighted by Crippen LogP contribution is -2.54. The summed E-state index contributed by atoms with van der Waals surface area (Å²) in [5.74, 6) is -1.88. The first-order valence-electron chi connectivity index (χ1n) is 10.9. The van der Waals surface area contributed by atoms with Gasteiger partial charge in [0.2, 0.25) is 5.91 Å². The van der Waals surface area contributed by atoms with E-state index in [0.717, 1.165) is 5.56 Å². The minimum atomic E-state index is -0.559. The standard InChI is InChI=1S/C25H32FN3O3/c1-16-18(9-6-10-21(16)26)24-19(22(27)13-23(28)30)14-29(11-12-32-2)15-20(24)25(31)17-7-4-3-5-8-17/h3-10,19-20,22,24H,11-15,27H2,1-2H3,(H2,28,30)/t19-,20-,22?,24+/m0/s1. The van der Waals surface area contributed by atoms with Crippen LogP contribution in [0.5, 0.6) is 0 Å². The summed E-state index contributed by atoms with van der Waals surface area (Å²) in [5.41, 5.74) is 13.8. The minimum Gasteiger partial charge on any atom is -0.383 e. The van der Waals surface area contributed by atoms with Gasteiger partial charge in [-0.2, -0.15) is 0 Å². The number of hydrogen-bond donors (Lipinski definition) is 2. The third kappa shape index (κ3) is 5.41. The number of ether oxygens (including phenoxy) is 1. The largest absolute Gasteiger partial charge is 0.383 e. The number of nitrogens with zero attached hydrogens (tertiary/aromatic N) is 1. The second kappa shape index (κ2) is 10.8.